The number of imide groups is 1. The van der Waals surface area contributed by atoms with Gasteiger partial charge in [-0.15, -0.1) is 0 Å². The number of rotatable bonds is 7. The molecule has 0 bridgehead atoms. The lowest BCUT2D eigenvalue weighted by molar-refractivity contribution is -0.150. The molecular weight excluding hydrogens is 541 g/mol. The number of amides is 3. The lowest BCUT2D eigenvalue weighted by Crippen LogP contribution is -2.57. The molecule has 3 aromatic rings. The maximum absolute atomic E-state index is 16.4. The smallest absolute Gasteiger partial charge is 0.255 e. The van der Waals surface area contributed by atoms with E-state index < -0.39 is 34.7 Å². The number of nitrogens with zero attached hydrogens (tertiary/aromatic N) is 4. The van der Waals surface area contributed by atoms with Crippen molar-refractivity contribution in [2.75, 3.05) is 13.1 Å². The van der Waals surface area contributed by atoms with Crippen LogP contribution in [0.1, 0.15) is 73.0 Å². The van der Waals surface area contributed by atoms with Gasteiger partial charge in [-0.05, 0) is 37.3 Å². The van der Waals surface area contributed by atoms with Crippen LogP contribution in [0.15, 0.2) is 47.3 Å². The third-order valence-electron chi connectivity index (χ3n) is 9.62. The molecule has 3 aliphatic heterocycles. The van der Waals surface area contributed by atoms with E-state index in [-0.39, 0.29) is 42.0 Å². The normalized spacial score (nSPS) is 24.1. The number of aliphatic hydroxyl groups is 1. The van der Waals surface area contributed by atoms with E-state index in [4.69, 9.17) is 4.52 Å². The monoisotopic (exact) mass is 575 g/mol. The van der Waals surface area contributed by atoms with Crippen LogP contribution in [0.5, 0.6) is 0 Å². The third kappa shape index (κ3) is 4.51. The summed E-state index contributed by atoms with van der Waals surface area (Å²) in [6.07, 6.45) is 3.21. The van der Waals surface area contributed by atoms with E-state index in [0.717, 1.165) is 11.1 Å². The molecule has 220 valence electrons. The van der Waals surface area contributed by atoms with Crippen molar-refractivity contribution in [1.29, 1.82) is 0 Å². The number of carbonyl (C=O) groups excluding carboxylic acids is 3. The highest BCUT2D eigenvalue weighted by Crippen LogP contribution is 2.52. The summed E-state index contributed by atoms with van der Waals surface area (Å²) < 4.78 is 21.2. The number of piperidine rings is 2. The predicted molar refractivity (Wildman–Crippen MR) is 149 cm³/mol. The van der Waals surface area contributed by atoms with E-state index in [1.807, 2.05) is 38.1 Å². The van der Waals surface area contributed by atoms with Crippen molar-refractivity contribution < 1.29 is 28.4 Å². The van der Waals surface area contributed by atoms with E-state index in [1.54, 1.807) is 12.1 Å². The van der Waals surface area contributed by atoms with E-state index in [9.17, 15) is 19.5 Å². The molecule has 3 amide bonds. The first-order chi connectivity index (χ1) is 20.2. The van der Waals surface area contributed by atoms with Crippen LogP contribution in [0.25, 0.3) is 11.4 Å². The Labute approximate surface area is 242 Å². The van der Waals surface area contributed by atoms with Gasteiger partial charge in [0.2, 0.25) is 24.0 Å². The summed E-state index contributed by atoms with van der Waals surface area (Å²) in [7, 11) is 0. The van der Waals surface area contributed by atoms with Crippen molar-refractivity contribution in [3.63, 3.8) is 0 Å². The molecule has 3 aliphatic rings. The Balaban J connectivity index is 1.24. The van der Waals surface area contributed by atoms with E-state index in [0.29, 0.717) is 44.7 Å². The van der Waals surface area contributed by atoms with Crippen LogP contribution in [0, 0.1) is 11.2 Å². The standard InChI is InChI=1S/C31H34FN5O5/c1-3-30(4-2)17-36(15-19-5-7-20(8-6-19)27-33-18-42-35-27)14-13-31(30,41)23-10-9-21-22(26(23)32)16-37(29(21)40)24-11-12-25(38)34-28(24)39/h5-10,18,24,41H,3-4,11-17H2,1-2H3,(H,34,38,39). The highest BCUT2D eigenvalue weighted by atomic mass is 19.1. The summed E-state index contributed by atoms with van der Waals surface area (Å²) in [6, 6.07) is 10.2. The number of hydrogen-bond acceptors (Lipinski definition) is 8. The van der Waals surface area contributed by atoms with Crippen LogP contribution >= 0.6 is 0 Å². The zero-order valence-electron chi connectivity index (χ0n) is 23.7. The first-order valence-electron chi connectivity index (χ1n) is 14.5. The topological polar surface area (TPSA) is 129 Å². The molecule has 2 aromatic carbocycles. The van der Waals surface area contributed by atoms with Crippen molar-refractivity contribution in [2.24, 2.45) is 5.41 Å². The Kier molecular flexibility index (Phi) is 7.18. The number of likely N-dealkylation sites (tertiary alicyclic amines) is 1. The number of nitrogens with one attached hydrogen (secondary N) is 1. The van der Waals surface area contributed by atoms with Crippen molar-refractivity contribution in [2.45, 2.75) is 70.7 Å². The van der Waals surface area contributed by atoms with Gasteiger partial charge in [0, 0.05) is 53.7 Å². The van der Waals surface area contributed by atoms with Gasteiger partial charge in [-0.25, -0.2) is 4.39 Å². The number of carbonyl (C=O) groups is 3. The van der Waals surface area contributed by atoms with Crippen LogP contribution in [0.3, 0.4) is 0 Å². The van der Waals surface area contributed by atoms with Gasteiger partial charge < -0.3 is 14.5 Å². The third-order valence-corrected chi connectivity index (χ3v) is 9.62. The summed E-state index contributed by atoms with van der Waals surface area (Å²) in [4.78, 5) is 45.0. The Hall–Kier alpha value is -3.96. The van der Waals surface area contributed by atoms with Gasteiger partial charge in [0.05, 0.1) is 6.54 Å². The molecule has 0 spiro atoms. The minimum absolute atomic E-state index is 0.0760. The Morgan fingerprint density at radius 3 is 2.55 bits per heavy atom. The molecule has 42 heavy (non-hydrogen) atoms. The Morgan fingerprint density at radius 2 is 1.88 bits per heavy atom. The van der Waals surface area contributed by atoms with Crippen molar-refractivity contribution >= 4 is 17.7 Å². The number of fused-ring (bicyclic) bond motifs is 1. The van der Waals surface area contributed by atoms with Crippen LogP contribution in [-0.4, -0.2) is 61.9 Å². The maximum Gasteiger partial charge on any atom is 0.255 e. The quantitative estimate of drug-likeness (QED) is 0.410. The largest absolute Gasteiger partial charge is 0.384 e. The number of hydrogen-bond donors (Lipinski definition) is 2. The molecule has 2 atom stereocenters. The second kappa shape index (κ2) is 10.7. The Morgan fingerprint density at radius 1 is 1.12 bits per heavy atom. The average molecular weight is 576 g/mol. The van der Waals surface area contributed by atoms with E-state index in [1.165, 1.54) is 11.3 Å². The van der Waals surface area contributed by atoms with Crippen molar-refractivity contribution in [3.8, 4) is 11.4 Å². The first kappa shape index (κ1) is 28.2. The number of halogens is 1. The maximum atomic E-state index is 16.4. The van der Waals surface area contributed by atoms with Crippen molar-refractivity contribution in [3.05, 3.63) is 70.9 Å². The zero-order valence-corrected chi connectivity index (χ0v) is 23.7. The number of aromatic nitrogens is 2. The van der Waals surface area contributed by atoms with Crippen LogP contribution in [-0.2, 0) is 28.3 Å². The fraction of sp³-hybridized carbons (Fsp3) is 0.452. The summed E-state index contributed by atoms with van der Waals surface area (Å²) >= 11 is 0. The SMILES string of the molecule is CCC1(CC)CN(Cc2ccc(-c3ncon3)cc2)CCC1(O)c1ccc2c(c1F)CN(C1CCC(=O)NC1=O)C2=O. The highest BCUT2D eigenvalue weighted by molar-refractivity contribution is 6.05. The molecule has 11 heteroatoms. The summed E-state index contributed by atoms with van der Waals surface area (Å²) in [5, 5.41) is 18.5. The second-order valence-corrected chi connectivity index (χ2v) is 11.6. The first-order valence-corrected chi connectivity index (χ1v) is 14.5. The van der Waals surface area contributed by atoms with Gasteiger partial charge in [-0.1, -0.05) is 49.3 Å². The van der Waals surface area contributed by atoms with Crippen LogP contribution in [0.2, 0.25) is 0 Å². The molecule has 2 saturated heterocycles. The molecule has 0 saturated carbocycles. The Bertz CT molecular complexity index is 1520. The van der Waals surface area contributed by atoms with Gasteiger partial charge in [0.25, 0.3) is 5.91 Å². The molecule has 0 aliphatic carbocycles. The van der Waals surface area contributed by atoms with Gasteiger partial charge in [0.1, 0.15) is 17.5 Å². The zero-order chi connectivity index (χ0) is 29.6. The fourth-order valence-corrected chi connectivity index (χ4v) is 7.08. The molecular formula is C31H34FN5O5. The lowest BCUT2D eigenvalue weighted by Gasteiger charge is -2.54. The molecule has 4 heterocycles. The molecule has 2 N–H and O–H groups in total. The summed E-state index contributed by atoms with van der Waals surface area (Å²) in [5.41, 5.74) is 0.484. The minimum atomic E-state index is -1.44. The van der Waals surface area contributed by atoms with Gasteiger partial charge in [0.15, 0.2) is 0 Å². The molecule has 2 fully saturated rings. The molecule has 1 aromatic heterocycles. The average Bonchev–Trinajstić information content (AvgIpc) is 3.64. The van der Waals surface area contributed by atoms with Crippen LogP contribution < -0.4 is 5.32 Å². The van der Waals surface area contributed by atoms with Gasteiger partial charge >= 0.3 is 0 Å². The van der Waals surface area contributed by atoms with E-state index >= 15 is 4.39 Å². The van der Waals surface area contributed by atoms with Crippen LogP contribution in [0.4, 0.5) is 4.39 Å². The second-order valence-electron chi connectivity index (χ2n) is 11.6. The molecule has 2 unspecified atom stereocenters. The van der Waals surface area contributed by atoms with Gasteiger partial charge in [-0.2, -0.15) is 4.98 Å². The summed E-state index contributed by atoms with van der Waals surface area (Å²) in [5.74, 6) is -1.42. The van der Waals surface area contributed by atoms with Crippen molar-refractivity contribution in [1.82, 2.24) is 25.3 Å². The summed E-state index contributed by atoms with van der Waals surface area (Å²) in [6.45, 7) is 5.78. The molecule has 0 radical (unpaired) electrons. The fourth-order valence-electron chi connectivity index (χ4n) is 7.08. The number of benzene rings is 2. The predicted octanol–water partition coefficient (Wildman–Crippen LogP) is 3.54. The highest BCUT2D eigenvalue weighted by Gasteiger charge is 2.54. The molecule has 10 nitrogen and oxygen atoms in total. The van der Waals surface area contributed by atoms with Gasteiger partial charge in [-0.3, -0.25) is 24.6 Å². The molecule has 6 rings (SSSR count). The minimum Gasteiger partial charge on any atom is -0.384 e. The lowest BCUT2D eigenvalue weighted by atomic mass is 9.61. The van der Waals surface area contributed by atoms with E-state index in [2.05, 4.69) is 20.4 Å².